The highest BCUT2D eigenvalue weighted by Gasteiger charge is 2.35. The highest BCUT2D eigenvalue weighted by molar-refractivity contribution is 5.79. The Kier molecular flexibility index (Phi) is 3.16. The fourth-order valence-corrected chi connectivity index (χ4v) is 1.14. The van der Waals surface area contributed by atoms with Gasteiger partial charge in [-0.2, -0.15) is 0 Å². The smallest absolute Gasteiger partial charge is 0.160 e. The number of hydrogen-bond donors (Lipinski definition) is 3. The number of ether oxygens (including phenoxy) is 1. The van der Waals surface area contributed by atoms with E-state index in [0.29, 0.717) is 0 Å². The third kappa shape index (κ3) is 2.01. The summed E-state index contributed by atoms with van der Waals surface area (Å²) in [5.41, 5.74) is 0. The van der Waals surface area contributed by atoms with E-state index in [1.165, 1.54) is 0 Å². The molecule has 0 aromatic heterocycles. The lowest BCUT2D eigenvalue weighted by molar-refractivity contribution is -0.125. The second-order valence-electron chi connectivity index (χ2n) is 2.83. The summed E-state index contributed by atoms with van der Waals surface area (Å²) in [6.07, 6.45) is -2.64. The first kappa shape index (κ1) is 9.60. The summed E-state index contributed by atoms with van der Waals surface area (Å²) in [7, 11) is 0. The van der Waals surface area contributed by atoms with Crippen molar-refractivity contribution in [3.05, 3.63) is 0 Å². The van der Waals surface area contributed by atoms with Gasteiger partial charge in [0.25, 0.3) is 0 Å². The van der Waals surface area contributed by atoms with Crippen LogP contribution in [0.25, 0.3) is 0 Å². The standard InChI is InChI=1S/C7H12O5/c8-2-4(9)1-6-7(11)5(10)3-12-6/h5-8,10-11H,1-3H2/t5-,6-,7-/m1/s1. The van der Waals surface area contributed by atoms with Crippen molar-refractivity contribution >= 4 is 5.78 Å². The molecule has 70 valence electrons. The number of carbonyl (C=O) groups is 1. The molecule has 0 amide bonds. The van der Waals surface area contributed by atoms with Crippen LogP contribution < -0.4 is 0 Å². The molecule has 3 N–H and O–H groups in total. The molecule has 0 radical (unpaired) electrons. The van der Waals surface area contributed by atoms with Crippen LogP contribution in [0.1, 0.15) is 6.42 Å². The number of ketones is 1. The minimum atomic E-state index is -1.01. The van der Waals surface area contributed by atoms with Crippen LogP contribution in [0, 0.1) is 0 Å². The van der Waals surface area contributed by atoms with Gasteiger partial charge in [0, 0.05) is 6.42 Å². The SMILES string of the molecule is O=C(CO)C[C@H]1OC[C@@H](O)[C@H]1O. The highest BCUT2D eigenvalue weighted by Crippen LogP contribution is 2.17. The Hall–Kier alpha value is -0.490. The van der Waals surface area contributed by atoms with E-state index < -0.39 is 30.7 Å². The average molecular weight is 176 g/mol. The molecular formula is C7H12O5. The van der Waals surface area contributed by atoms with Gasteiger partial charge in [-0.25, -0.2) is 0 Å². The molecule has 0 aliphatic carbocycles. The quantitative estimate of drug-likeness (QED) is 0.465. The van der Waals surface area contributed by atoms with E-state index in [1.54, 1.807) is 0 Å². The first-order chi connectivity index (χ1) is 5.65. The molecule has 1 aliphatic rings. The Bertz CT molecular complexity index is 169. The van der Waals surface area contributed by atoms with Crippen LogP contribution in [0.2, 0.25) is 0 Å². The molecule has 3 atom stereocenters. The Labute approximate surface area is 69.6 Å². The van der Waals surface area contributed by atoms with Gasteiger partial charge in [0.1, 0.15) is 18.8 Å². The molecule has 1 fully saturated rings. The Morgan fingerprint density at radius 2 is 2.17 bits per heavy atom. The van der Waals surface area contributed by atoms with E-state index in [0.717, 1.165) is 0 Å². The normalized spacial score (nSPS) is 35.4. The van der Waals surface area contributed by atoms with Gasteiger partial charge in [-0.3, -0.25) is 4.79 Å². The maximum absolute atomic E-state index is 10.7. The largest absolute Gasteiger partial charge is 0.389 e. The van der Waals surface area contributed by atoms with Crippen LogP contribution >= 0.6 is 0 Å². The minimum absolute atomic E-state index is 0.0462. The Morgan fingerprint density at radius 3 is 2.58 bits per heavy atom. The van der Waals surface area contributed by atoms with Crippen molar-refractivity contribution in [3.63, 3.8) is 0 Å². The van der Waals surface area contributed by atoms with Gasteiger partial charge >= 0.3 is 0 Å². The fraction of sp³-hybridized carbons (Fsp3) is 0.857. The molecule has 1 aliphatic heterocycles. The van der Waals surface area contributed by atoms with Gasteiger partial charge in [-0.05, 0) is 0 Å². The first-order valence-electron chi connectivity index (χ1n) is 3.75. The molecule has 0 saturated carbocycles. The van der Waals surface area contributed by atoms with Crippen LogP contribution in [0.4, 0.5) is 0 Å². The molecule has 0 spiro atoms. The molecule has 0 unspecified atom stereocenters. The second kappa shape index (κ2) is 3.95. The van der Waals surface area contributed by atoms with Crippen LogP contribution in [0.5, 0.6) is 0 Å². The van der Waals surface area contributed by atoms with Crippen molar-refractivity contribution in [2.24, 2.45) is 0 Å². The van der Waals surface area contributed by atoms with Gasteiger partial charge in [0.2, 0.25) is 0 Å². The summed E-state index contributed by atoms with van der Waals surface area (Å²) < 4.78 is 4.92. The molecule has 0 aromatic carbocycles. The number of hydrogen-bond acceptors (Lipinski definition) is 5. The molecule has 5 heteroatoms. The zero-order chi connectivity index (χ0) is 9.14. The van der Waals surface area contributed by atoms with Gasteiger partial charge in [-0.1, -0.05) is 0 Å². The second-order valence-corrected chi connectivity index (χ2v) is 2.83. The highest BCUT2D eigenvalue weighted by atomic mass is 16.5. The van der Waals surface area contributed by atoms with Crippen molar-refractivity contribution in [3.8, 4) is 0 Å². The van der Waals surface area contributed by atoms with E-state index in [1.807, 2.05) is 0 Å². The zero-order valence-corrected chi connectivity index (χ0v) is 6.51. The van der Waals surface area contributed by atoms with E-state index >= 15 is 0 Å². The topological polar surface area (TPSA) is 87.0 Å². The molecule has 12 heavy (non-hydrogen) atoms. The molecule has 1 rings (SSSR count). The van der Waals surface area contributed by atoms with Gasteiger partial charge in [0.05, 0.1) is 12.7 Å². The maximum atomic E-state index is 10.7. The summed E-state index contributed by atoms with van der Waals surface area (Å²) in [5.74, 6) is -0.395. The lowest BCUT2D eigenvalue weighted by atomic mass is 10.1. The first-order valence-corrected chi connectivity index (χ1v) is 3.75. The van der Waals surface area contributed by atoms with E-state index in [-0.39, 0.29) is 13.0 Å². The van der Waals surface area contributed by atoms with Gasteiger partial charge < -0.3 is 20.1 Å². The van der Waals surface area contributed by atoms with Crippen LogP contribution in [0.3, 0.4) is 0 Å². The summed E-state index contributed by atoms with van der Waals surface area (Å²) >= 11 is 0. The molecular weight excluding hydrogens is 164 g/mol. The van der Waals surface area contributed by atoms with Crippen LogP contribution in [-0.4, -0.2) is 52.6 Å². The zero-order valence-electron chi connectivity index (χ0n) is 6.51. The van der Waals surface area contributed by atoms with Crippen molar-refractivity contribution in [2.45, 2.75) is 24.7 Å². The molecule has 5 nitrogen and oxygen atoms in total. The van der Waals surface area contributed by atoms with Crippen molar-refractivity contribution in [2.75, 3.05) is 13.2 Å². The Balaban J connectivity index is 2.38. The van der Waals surface area contributed by atoms with E-state index in [4.69, 9.17) is 14.9 Å². The van der Waals surface area contributed by atoms with Crippen LogP contribution in [0.15, 0.2) is 0 Å². The predicted octanol–water partition coefficient (Wildman–Crippen LogP) is -1.94. The monoisotopic (exact) mass is 176 g/mol. The average Bonchev–Trinajstić information content (AvgIpc) is 2.36. The molecule has 0 bridgehead atoms. The summed E-state index contributed by atoms with van der Waals surface area (Å²) in [4.78, 5) is 10.7. The van der Waals surface area contributed by atoms with Gasteiger partial charge in [-0.15, -0.1) is 0 Å². The number of Topliss-reactive ketones (excluding diaryl/α,β-unsaturated/α-hetero) is 1. The van der Waals surface area contributed by atoms with Gasteiger partial charge in [0.15, 0.2) is 5.78 Å². The van der Waals surface area contributed by atoms with Crippen molar-refractivity contribution in [1.82, 2.24) is 0 Å². The van der Waals surface area contributed by atoms with Crippen LogP contribution in [-0.2, 0) is 9.53 Å². The van der Waals surface area contributed by atoms with Crippen molar-refractivity contribution in [1.29, 1.82) is 0 Å². The lowest BCUT2D eigenvalue weighted by Crippen LogP contribution is -2.31. The number of carbonyl (C=O) groups excluding carboxylic acids is 1. The van der Waals surface area contributed by atoms with E-state index in [2.05, 4.69) is 0 Å². The predicted molar refractivity (Wildman–Crippen MR) is 38.5 cm³/mol. The molecule has 1 saturated heterocycles. The number of rotatable bonds is 3. The minimum Gasteiger partial charge on any atom is -0.389 e. The van der Waals surface area contributed by atoms with Crippen molar-refractivity contribution < 1.29 is 24.9 Å². The molecule has 1 heterocycles. The number of aliphatic hydroxyl groups excluding tert-OH is 3. The summed E-state index contributed by atoms with van der Waals surface area (Å²) in [6, 6.07) is 0. The third-order valence-electron chi connectivity index (χ3n) is 1.86. The summed E-state index contributed by atoms with van der Waals surface area (Å²) in [6.45, 7) is -0.507. The van der Waals surface area contributed by atoms with E-state index in [9.17, 15) is 9.90 Å². The maximum Gasteiger partial charge on any atom is 0.160 e. The number of aliphatic hydroxyl groups is 3. The third-order valence-corrected chi connectivity index (χ3v) is 1.86. The lowest BCUT2D eigenvalue weighted by Gasteiger charge is -2.12. The fourth-order valence-electron chi connectivity index (χ4n) is 1.14. The molecule has 0 aromatic rings. The summed E-state index contributed by atoms with van der Waals surface area (Å²) in [5, 5.41) is 26.6. The Morgan fingerprint density at radius 1 is 1.50 bits per heavy atom.